The molecule has 0 bridgehead atoms. The first-order chi connectivity index (χ1) is 28.7. The number of hydrogen-bond acceptors (Lipinski definition) is 2. The fourth-order valence-electron chi connectivity index (χ4n) is 7.36. The Kier molecular flexibility index (Phi) is 11.8. The van der Waals surface area contributed by atoms with E-state index in [1.165, 1.54) is 10.8 Å². The Labute approximate surface area is 341 Å². The number of hydrogen-bond donors (Lipinski definition) is 1. The summed E-state index contributed by atoms with van der Waals surface area (Å²) in [5, 5.41) is 12.1. The molecule has 0 spiro atoms. The van der Waals surface area contributed by atoms with Gasteiger partial charge in [-0.15, -0.1) is 0 Å². The van der Waals surface area contributed by atoms with Gasteiger partial charge in [-0.3, -0.25) is 0 Å². The predicted molar refractivity (Wildman–Crippen MR) is 247 cm³/mol. The van der Waals surface area contributed by atoms with Gasteiger partial charge in [0.15, 0.2) is 0 Å². The van der Waals surface area contributed by atoms with Gasteiger partial charge in [-0.05, 0) is 107 Å². The number of rotatable bonds is 12. The van der Waals surface area contributed by atoms with Crippen LogP contribution >= 0.6 is 0 Å². The summed E-state index contributed by atoms with van der Waals surface area (Å²) >= 11 is 0. The van der Waals surface area contributed by atoms with E-state index >= 15 is 0 Å². The second-order valence-corrected chi connectivity index (χ2v) is 14.1. The number of aliphatic hydroxyl groups is 1. The molecular weight excluding hydrogens is 705 g/mol. The quantitative estimate of drug-likeness (QED) is 0.126. The van der Waals surface area contributed by atoms with Crippen LogP contribution in [-0.4, -0.2) is 12.2 Å². The first-order valence-corrected chi connectivity index (χ1v) is 19.6. The van der Waals surface area contributed by atoms with Gasteiger partial charge in [-0.1, -0.05) is 206 Å². The molecule has 0 fully saturated rings. The van der Waals surface area contributed by atoms with E-state index in [0.29, 0.717) is 0 Å². The van der Waals surface area contributed by atoms with E-state index in [0.717, 1.165) is 78.1 Å². The third kappa shape index (κ3) is 8.74. The Morgan fingerprint density at radius 2 is 0.862 bits per heavy atom. The van der Waals surface area contributed by atoms with Gasteiger partial charge in [0.2, 0.25) is 0 Å². The minimum absolute atomic E-state index is 0.0214. The zero-order valence-corrected chi connectivity index (χ0v) is 32.5. The Hall–Kier alpha value is -7.26. The monoisotopic (exact) mass is 748 g/mol. The maximum absolute atomic E-state index is 9.68. The van der Waals surface area contributed by atoms with Gasteiger partial charge in [-0.2, -0.15) is 0 Å². The van der Waals surface area contributed by atoms with Crippen LogP contribution in [0.1, 0.15) is 61.2 Å². The third-order valence-corrected chi connectivity index (χ3v) is 10.5. The third-order valence-electron chi connectivity index (χ3n) is 10.5. The zero-order valence-electron chi connectivity index (χ0n) is 32.5. The van der Waals surface area contributed by atoms with Gasteiger partial charge in [-0.25, -0.2) is 0 Å². The summed E-state index contributed by atoms with van der Waals surface area (Å²) in [6.07, 6.45) is 13.5. The molecule has 280 valence electrons. The van der Waals surface area contributed by atoms with Crippen LogP contribution in [0.4, 0.5) is 0 Å². The van der Waals surface area contributed by atoms with Gasteiger partial charge in [0.1, 0.15) is 5.75 Å². The van der Waals surface area contributed by atoms with Crippen LogP contribution in [-0.2, 0) is 6.61 Å². The molecule has 0 unspecified atom stereocenters. The molecule has 0 aliphatic heterocycles. The van der Waals surface area contributed by atoms with E-state index in [9.17, 15) is 5.11 Å². The molecule has 2 heteroatoms. The van der Waals surface area contributed by atoms with Crippen molar-refractivity contribution >= 4 is 58.4 Å². The molecule has 1 N–H and O–H groups in total. The highest BCUT2D eigenvalue weighted by Gasteiger charge is 2.10. The largest absolute Gasteiger partial charge is 0.497 e. The summed E-state index contributed by atoms with van der Waals surface area (Å²) in [6.45, 7) is 0.0214. The topological polar surface area (TPSA) is 29.5 Å². The van der Waals surface area contributed by atoms with Crippen LogP contribution < -0.4 is 4.74 Å². The number of ether oxygens (including phenoxy) is 1. The molecule has 0 atom stereocenters. The van der Waals surface area contributed by atoms with Crippen LogP contribution in [0.3, 0.4) is 0 Å². The van der Waals surface area contributed by atoms with Crippen LogP contribution in [0, 0.1) is 0 Å². The summed E-state index contributed by atoms with van der Waals surface area (Å²) in [5.41, 5.74) is 14.5. The van der Waals surface area contributed by atoms with Gasteiger partial charge < -0.3 is 9.84 Å². The molecule has 0 saturated carbocycles. The summed E-state index contributed by atoms with van der Waals surface area (Å²) in [5.74, 6) is 0.835. The van der Waals surface area contributed by atoms with Crippen LogP contribution in [0.2, 0.25) is 0 Å². The zero-order chi connectivity index (χ0) is 39.5. The summed E-state index contributed by atoms with van der Waals surface area (Å²) in [7, 11) is 1.70. The Morgan fingerprint density at radius 1 is 0.414 bits per heavy atom. The van der Waals surface area contributed by atoms with Gasteiger partial charge >= 0.3 is 0 Å². The molecule has 0 aliphatic rings. The van der Waals surface area contributed by atoms with Crippen molar-refractivity contribution in [1.29, 1.82) is 0 Å². The molecule has 0 saturated heterocycles. The highest BCUT2D eigenvalue weighted by atomic mass is 16.5. The standard InChI is InChI=1S/C56H44O2/c1-58-52-35-32-49(33-36-52)56(45-18-6-3-7-19-45)39-51-22-11-9-15-43(51)34-37-54-47(31-30-46-20-12-13-23-53(46)54)29-28-42-14-8-10-21-50(42)38-55(44-16-4-2-5-17-44)48-26-24-41(40-57)25-27-48/h2-39,57H,40H2,1H3/b29-28?,37-34?,55-38-,56-39-. The summed E-state index contributed by atoms with van der Waals surface area (Å²) in [4.78, 5) is 0. The molecule has 8 rings (SSSR count). The van der Waals surface area contributed by atoms with Gasteiger partial charge in [0, 0.05) is 0 Å². The van der Waals surface area contributed by atoms with E-state index < -0.39 is 0 Å². The SMILES string of the molecule is COc1ccc(/C(=C\c2ccccc2C=Cc2c(C=Cc3ccccc3/C=C(/c3ccccc3)c3ccc(CO)cc3)ccc3ccccc23)c2ccccc2)cc1. The van der Waals surface area contributed by atoms with Gasteiger partial charge in [0.25, 0.3) is 0 Å². The molecular formula is C56H44O2. The smallest absolute Gasteiger partial charge is 0.118 e. The maximum Gasteiger partial charge on any atom is 0.118 e. The average Bonchev–Trinajstić information content (AvgIpc) is 3.30. The van der Waals surface area contributed by atoms with E-state index in [2.05, 4.69) is 200 Å². The Balaban J connectivity index is 1.19. The molecule has 0 aliphatic carbocycles. The Bertz CT molecular complexity index is 2750. The molecule has 0 heterocycles. The molecule has 8 aromatic rings. The van der Waals surface area contributed by atoms with Crippen molar-refractivity contribution < 1.29 is 9.84 Å². The van der Waals surface area contributed by atoms with Crippen LogP contribution in [0.25, 0.3) is 58.4 Å². The summed E-state index contributed by atoms with van der Waals surface area (Å²) < 4.78 is 5.47. The van der Waals surface area contributed by atoms with E-state index in [4.69, 9.17) is 4.74 Å². The van der Waals surface area contributed by atoms with Crippen molar-refractivity contribution in [2.24, 2.45) is 0 Å². The van der Waals surface area contributed by atoms with Crippen molar-refractivity contribution in [2.75, 3.05) is 7.11 Å². The van der Waals surface area contributed by atoms with Crippen molar-refractivity contribution in [3.8, 4) is 5.75 Å². The van der Waals surface area contributed by atoms with E-state index in [1.807, 2.05) is 30.3 Å². The minimum Gasteiger partial charge on any atom is -0.497 e. The molecule has 58 heavy (non-hydrogen) atoms. The molecule has 0 radical (unpaired) electrons. The van der Waals surface area contributed by atoms with Crippen molar-refractivity contribution in [3.05, 3.63) is 255 Å². The van der Waals surface area contributed by atoms with Crippen LogP contribution in [0.5, 0.6) is 5.75 Å². The normalized spacial score (nSPS) is 12.1. The first kappa shape index (κ1) is 37.7. The summed E-state index contributed by atoms with van der Waals surface area (Å²) in [6, 6.07) is 67.6. The van der Waals surface area contributed by atoms with E-state index in [-0.39, 0.29) is 6.61 Å². The molecule has 0 aromatic heterocycles. The predicted octanol–water partition coefficient (Wildman–Crippen LogP) is 13.9. The number of aliphatic hydroxyl groups excluding tert-OH is 1. The molecule has 8 aromatic carbocycles. The number of fused-ring (bicyclic) bond motifs is 1. The van der Waals surface area contributed by atoms with Crippen molar-refractivity contribution in [1.82, 2.24) is 0 Å². The fraction of sp³-hybridized carbons (Fsp3) is 0.0357. The second-order valence-electron chi connectivity index (χ2n) is 14.1. The first-order valence-electron chi connectivity index (χ1n) is 19.6. The number of benzene rings is 8. The van der Waals surface area contributed by atoms with E-state index in [1.54, 1.807) is 7.11 Å². The van der Waals surface area contributed by atoms with Gasteiger partial charge in [0.05, 0.1) is 13.7 Å². The molecule has 2 nitrogen and oxygen atoms in total. The average molecular weight is 749 g/mol. The lowest BCUT2D eigenvalue weighted by Crippen LogP contribution is -1.91. The Morgan fingerprint density at radius 3 is 1.41 bits per heavy atom. The lowest BCUT2D eigenvalue weighted by Gasteiger charge is -2.12. The highest BCUT2D eigenvalue weighted by Crippen LogP contribution is 2.32. The number of methoxy groups -OCH3 is 1. The van der Waals surface area contributed by atoms with Crippen LogP contribution in [0.15, 0.2) is 194 Å². The fourth-order valence-corrected chi connectivity index (χ4v) is 7.36. The minimum atomic E-state index is 0.0214. The maximum atomic E-state index is 9.68. The second kappa shape index (κ2) is 18.1. The highest BCUT2D eigenvalue weighted by molar-refractivity contribution is 5.99. The van der Waals surface area contributed by atoms with Crippen molar-refractivity contribution in [3.63, 3.8) is 0 Å². The van der Waals surface area contributed by atoms with Crippen molar-refractivity contribution in [2.45, 2.75) is 6.61 Å². The lowest BCUT2D eigenvalue weighted by atomic mass is 9.93. The lowest BCUT2D eigenvalue weighted by molar-refractivity contribution is 0.282. The molecule has 0 amide bonds.